The first-order valence-electron chi connectivity index (χ1n) is 5.98. The van der Waals surface area contributed by atoms with Crippen molar-refractivity contribution in [2.45, 2.75) is 12.8 Å². The van der Waals surface area contributed by atoms with Crippen molar-refractivity contribution in [1.29, 1.82) is 0 Å². The van der Waals surface area contributed by atoms with Gasteiger partial charge in [0.2, 0.25) is 0 Å². The summed E-state index contributed by atoms with van der Waals surface area (Å²) in [6, 6.07) is 0. The molecule has 1 aliphatic heterocycles. The Bertz CT molecular complexity index is 318. The number of hydrogen-bond donors (Lipinski definition) is 4. The third kappa shape index (κ3) is 10.4. The molecule has 0 saturated carbocycles. The number of rotatable bonds is 0. The number of hydrogen-bond acceptors (Lipinski definition) is 4. The molecule has 21 heavy (non-hydrogen) atoms. The maximum atomic E-state index is 11.2. The summed E-state index contributed by atoms with van der Waals surface area (Å²) in [5, 5.41) is 9.64. The minimum atomic E-state index is -0.692. The van der Waals surface area contributed by atoms with Crippen molar-refractivity contribution < 1.29 is 32.1 Å². The minimum absolute atomic E-state index is 0.258. The quantitative estimate of drug-likeness (QED) is 0.384. The molecule has 1 fully saturated rings. The van der Waals surface area contributed by atoms with Gasteiger partial charge in [0.1, 0.15) is 0 Å². The van der Waals surface area contributed by atoms with E-state index in [0.717, 1.165) is 0 Å². The van der Waals surface area contributed by atoms with E-state index < -0.39 is 23.6 Å². The van der Waals surface area contributed by atoms with Crippen molar-refractivity contribution in [3.8, 4) is 0 Å². The topological polar surface area (TPSA) is 116 Å². The van der Waals surface area contributed by atoms with E-state index in [0.29, 0.717) is 25.7 Å². The molecule has 1 heterocycles. The number of carbonyl (C=O) groups excluding carboxylic acids is 4. The molecule has 1 rings (SSSR count). The zero-order valence-electron chi connectivity index (χ0n) is 11.0. The normalized spacial score (nSPS) is 18.2. The number of halogens is 2. The Labute approximate surface area is 136 Å². The first-order valence-corrected chi connectivity index (χ1v) is 8.85. The number of carbonyl (C=O) groups is 4. The molecule has 0 radical (unpaired) electrons. The first kappa shape index (κ1) is 20.0. The summed E-state index contributed by atoms with van der Waals surface area (Å²) in [4.78, 5) is 44.9. The predicted octanol–water partition coefficient (Wildman–Crippen LogP) is -1.38. The van der Waals surface area contributed by atoms with Gasteiger partial charge in [-0.05, 0) is 12.8 Å². The SMILES string of the molecule is O=C1NCCCNC(=O)C(=O)NCCCNC1=O.[Cl][Co][Cl]. The van der Waals surface area contributed by atoms with E-state index in [1.165, 1.54) is 0 Å². The van der Waals surface area contributed by atoms with E-state index in [2.05, 4.69) is 21.3 Å². The third-order valence-electron chi connectivity index (χ3n) is 2.26. The molecule has 0 aromatic heterocycles. The van der Waals surface area contributed by atoms with Crippen LogP contribution in [0.25, 0.3) is 0 Å². The average Bonchev–Trinajstić information content (AvgIpc) is 2.45. The summed E-state index contributed by atoms with van der Waals surface area (Å²) in [6.07, 6.45) is 0.885. The van der Waals surface area contributed by atoms with Gasteiger partial charge in [-0.15, -0.1) is 0 Å². The second-order valence-electron chi connectivity index (χ2n) is 3.78. The summed E-state index contributed by atoms with van der Waals surface area (Å²) in [5.74, 6) is -2.77. The Morgan fingerprint density at radius 2 is 0.810 bits per heavy atom. The van der Waals surface area contributed by atoms with E-state index in [4.69, 9.17) is 20.3 Å². The summed E-state index contributed by atoms with van der Waals surface area (Å²) in [5.41, 5.74) is 0. The van der Waals surface area contributed by atoms with Crippen LogP contribution < -0.4 is 21.3 Å². The van der Waals surface area contributed by atoms with Crippen LogP contribution >= 0.6 is 20.3 Å². The zero-order chi connectivity index (χ0) is 16.1. The van der Waals surface area contributed by atoms with Crippen LogP contribution in [0.15, 0.2) is 0 Å². The molecule has 0 atom stereocenters. The van der Waals surface area contributed by atoms with Crippen LogP contribution in [0.3, 0.4) is 0 Å². The van der Waals surface area contributed by atoms with Gasteiger partial charge in [-0.1, -0.05) is 0 Å². The Hall–Kier alpha value is -1.03. The maximum absolute atomic E-state index is 11.2. The standard InChI is InChI=1S/C10H16N4O4.2ClH.Co/c15-7-9(17)13-5-2-6-14-10(18)8(16)12-4-1-3-11-7;;;/h1-6H2,(H,11,15)(H,12,16)(H,13,17)(H,14,18);2*1H;/q;;;+2/p-2. The van der Waals surface area contributed by atoms with Gasteiger partial charge in [-0.25, -0.2) is 0 Å². The molecule has 4 amide bonds. The molecule has 1 aliphatic rings. The summed E-state index contributed by atoms with van der Waals surface area (Å²) in [7, 11) is 9.47. The van der Waals surface area contributed by atoms with Gasteiger partial charge in [0.15, 0.2) is 0 Å². The first-order chi connectivity index (χ1) is 10.0. The molecular weight excluding hydrogens is 370 g/mol. The fourth-order valence-electron chi connectivity index (χ4n) is 1.31. The van der Waals surface area contributed by atoms with Crippen LogP contribution in [0.4, 0.5) is 0 Å². The second kappa shape index (κ2) is 12.7. The average molecular weight is 386 g/mol. The van der Waals surface area contributed by atoms with Crippen LogP contribution in [0.5, 0.6) is 0 Å². The van der Waals surface area contributed by atoms with Gasteiger partial charge < -0.3 is 21.3 Å². The van der Waals surface area contributed by atoms with Gasteiger partial charge in [-0.3, -0.25) is 19.2 Å². The van der Waals surface area contributed by atoms with Crippen molar-refractivity contribution in [2.24, 2.45) is 0 Å². The van der Waals surface area contributed by atoms with E-state index in [1.807, 2.05) is 0 Å². The molecule has 1 saturated heterocycles. The molecule has 0 aliphatic carbocycles. The number of nitrogens with one attached hydrogen (secondary N) is 4. The molecule has 0 bridgehead atoms. The van der Waals surface area contributed by atoms with Gasteiger partial charge in [0, 0.05) is 26.2 Å². The predicted molar refractivity (Wildman–Crippen MR) is 73.0 cm³/mol. The summed E-state index contributed by atoms with van der Waals surface area (Å²) >= 11 is 0.382. The fraction of sp³-hybridized carbons (Fsp3) is 0.600. The van der Waals surface area contributed by atoms with Crippen molar-refractivity contribution in [1.82, 2.24) is 21.3 Å². The molecule has 0 spiro atoms. The van der Waals surface area contributed by atoms with Crippen molar-refractivity contribution in [3.05, 3.63) is 0 Å². The Morgan fingerprint density at radius 3 is 1.00 bits per heavy atom. The molecule has 0 unspecified atom stereocenters. The van der Waals surface area contributed by atoms with Gasteiger partial charge in [0.25, 0.3) is 0 Å². The molecular formula is C10H16Cl2CoN4O4. The molecule has 4 N–H and O–H groups in total. The molecule has 0 aromatic rings. The van der Waals surface area contributed by atoms with Crippen LogP contribution in [-0.4, -0.2) is 49.8 Å². The molecule has 0 aromatic carbocycles. The van der Waals surface area contributed by atoms with E-state index in [9.17, 15) is 19.2 Å². The summed E-state index contributed by atoms with van der Waals surface area (Å²) < 4.78 is 0. The molecule has 123 valence electrons. The Kier molecular flexibility index (Phi) is 12.1. The van der Waals surface area contributed by atoms with Crippen LogP contribution in [0, 0.1) is 0 Å². The van der Waals surface area contributed by atoms with Crippen LogP contribution in [0.2, 0.25) is 0 Å². The number of amides is 4. The molecule has 11 heteroatoms. The van der Waals surface area contributed by atoms with Crippen molar-refractivity contribution >= 4 is 43.9 Å². The summed E-state index contributed by atoms with van der Waals surface area (Å²) in [6.45, 7) is 1.03. The van der Waals surface area contributed by atoms with E-state index >= 15 is 0 Å². The third-order valence-corrected chi connectivity index (χ3v) is 2.26. The van der Waals surface area contributed by atoms with E-state index in [-0.39, 0.29) is 26.2 Å². The van der Waals surface area contributed by atoms with Gasteiger partial charge >= 0.3 is 56.8 Å². The zero-order valence-corrected chi connectivity index (χ0v) is 13.5. The molecule has 8 nitrogen and oxygen atoms in total. The second-order valence-corrected chi connectivity index (χ2v) is 5.50. The van der Waals surface area contributed by atoms with Crippen molar-refractivity contribution in [2.75, 3.05) is 26.2 Å². The Balaban J connectivity index is 0.00000122. The Morgan fingerprint density at radius 1 is 0.619 bits per heavy atom. The van der Waals surface area contributed by atoms with E-state index in [1.54, 1.807) is 0 Å². The van der Waals surface area contributed by atoms with Gasteiger partial charge in [0.05, 0.1) is 0 Å². The van der Waals surface area contributed by atoms with Crippen molar-refractivity contribution in [3.63, 3.8) is 0 Å². The van der Waals surface area contributed by atoms with Gasteiger partial charge in [-0.2, -0.15) is 0 Å². The fourth-order valence-corrected chi connectivity index (χ4v) is 1.31. The van der Waals surface area contributed by atoms with Crippen LogP contribution in [0.1, 0.15) is 12.8 Å². The van der Waals surface area contributed by atoms with Crippen LogP contribution in [-0.2, 0) is 32.1 Å². The monoisotopic (exact) mass is 385 g/mol.